The number of benzene rings is 3. The highest BCUT2D eigenvalue weighted by molar-refractivity contribution is 6.51. The summed E-state index contributed by atoms with van der Waals surface area (Å²) >= 11 is 0. The summed E-state index contributed by atoms with van der Waals surface area (Å²) in [6.07, 6.45) is 0. The molecule has 4 rings (SSSR count). The van der Waals surface area contributed by atoms with Crippen LogP contribution in [-0.2, 0) is 9.59 Å². The Morgan fingerprint density at radius 3 is 2.47 bits per heavy atom. The minimum Gasteiger partial charge on any atom is -0.508 e. The molecule has 1 aliphatic heterocycles. The predicted molar refractivity (Wildman–Crippen MR) is 128 cm³/mol. The fraction of sp³-hybridized carbons (Fsp3) is 0.185. The summed E-state index contributed by atoms with van der Waals surface area (Å²) in [5.74, 6) is -0.753. The number of anilines is 1. The molecular weight excluding hydrogens is 434 g/mol. The summed E-state index contributed by atoms with van der Waals surface area (Å²) in [4.78, 5) is 27.8. The van der Waals surface area contributed by atoms with Gasteiger partial charge in [-0.2, -0.15) is 0 Å². The summed E-state index contributed by atoms with van der Waals surface area (Å²) in [6, 6.07) is 17.2. The van der Waals surface area contributed by atoms with Crippen molar-refractivity contribution in [2.45, 2.75) is 19.9 Å². The fourth-order valence-electron chi connectivity index (χ4n) is 4.14. The van der Waals surface area contributed by atoms with Gasteiger partial charge in [-0.05, 0) is 67.4 Å². The molecular formula is C27H25NO6. The van der Waals surface area contributed by atoms with Gasteiger partial charge >= 0.3 is 0 Å². The van der Waals surface area contributed by atoms with Crippen molar-refractivity contribution in [3.05, 3.63) is 89.0 Å². The number of rotatable bonds is 6. The van der Waals surface area contributed by atoms with Gasteiger partial charge in [0.15, 0.2) is 0 Å². The zero-order chi connectivity index (χ0) is 24.4. The Labute approximate surface area is 197 Å². The van der Waals surface area contributed by atoms with E-state index >= 15 is 0 Å². The molecule has 0 bridgehead atoms. The smallest absolute Gasteiger partial charge is 0.300 e. The Morgan fingerprint density at radius 2 is 1.79 bits per heavy atom. The highest BCUT2D eigenvalue weighted by Gasteiger charge is 2.47. The third-order valence-electron chi connectivity index (χ3n) is 5.71. The second kappa shape index (κ2) is 9.31. The van der Waals surface area contributed by atoms with E-state index < -0.39 is 17.7 Å². The van der Waals surface area contributed by atoms with Crippen molar-refractivity contribution in [1.82, 2.24) is 0 Å². The second-order valence-corrected chi connectivity index (χ2v) is 7.88. The molecule has 1 fully saturated rings. The van der Waals surface area contributed by atoms with E-state index in [0.29, 0.717) is 34.9 Å². The van der Waals surface area contributed by atoms with E-state index in [4.69, 9.17) is 9.47 Å². The van der Waals surface area contributed by atoms with Gasteiger partial charge in [0.05, 0.1) is 25.3 Å². The molecule has 0 saturated carbocycles. The number of aliphatic hydroxyl groups excluding tert-OH is 1. The number of aromatic hydroxyl groups is 1. The summed E-state index contributed by atoms with van der Waals surface area (Å²) in [7, 11) is 1.51. The van der Waals surface area contributed by atoms with Crippen LogP contribution in [-0.4, -0.2) is 35.6 Å². The van der Waals surface area contributed by atoms with Crippen LogP contribution in [0, 0.1) is 6.92 Å². The molecule has 0 radical (unpaired) electrons. The third-order valence-corrected chi connectivity index (χ3v) is 5.71. The molecule has 7 nitrogen and oxygen atoms in total. The van der Waals surface area contributed by atoms with E-state index in [-0.39, 0.29) is 17.1 Å². The molecule has 3 aromatic rings. The highest BCUT2D eigenvalue weighted by atomic mass is 16.5. The molecule has 1 heterocycles. The Bertz CT molecular complexity index is 1300. The molecule has 174 valence electrons. The number of methoxy groups -OCH3 is 1. The van der Waals surface area contributed by atoms with Crippen LogP contribution in [0.3, 0.4) is 0 Å². The molecule has 1 amide bonds. The molecule has 0 aromatic heterocycles. The Morgan fingerprint density at radius 1 is 1.03 bits per heavy atom. The third kappa shape index (κ3) is 4.08. The van der Waals surface area contributed by atoms with Gasteiger partial charge < -0.3 is 19.7 Å². The molecule has 2 N–H and O–H groups in total. The Kier molecular flexibility index (Phi) is 6.27. The van der Waals surface area contributed by atoms with Crippen LogP contribution >= 0.6 is 0 Å². The molecule has 1 atom stereocenters. The number of carbonyl (C=O) groups excluding carboxylic acids is 2. The molecule has 7 heteroatoms. The van der Waals surface area contributed by atoms with E-state index in [9.17, 15) is 19.8 Å². The van der Waals surface area contributed by atoms with Gasteiger partial charge in [0.1, 0.15) is 23.0 Å². The van der Waals surface area contributed by atoms with Crippen LogP contribution in [0.25, 0.3) is 5.76 Å². The van der Waals surface area contributed by atoms with Gasteiger partial charge in [0, 0.05) is 17.3 Å². The van der Waals surface area contributed by atoms with Crippen LogP contribution in [0.4, 0.5) is 5.69 Å². The number of hydrogen-bond acceptors (Lipinski definition) is 6. The summed E-state index contributed by atoms with van der Waals surface area (Å²) in [6.45, 7) is 4.21. The number of ether oxygens (including phenoxy) is 2. The van der Waals surface area contributed by atoms with Crippen LogP contribution < -0.4 is 14.4 Å². The van der Waals surface area contributed by atoms with E-state index in [1.54, 1.807) is 54.6 Å². The minimum absolute atomic E-state index is 0.0226. The van der Waals surface area contributed by atoms with Gasteiger partial charge in [0.25, 0.3) is 11.7 Å². The van der Waals surface area contributed by atoms with Gasteiger partial charge in [0.2, 0.25) is 0 Å². The van der Waals surface area contributed by atoms with Crippen LogP contribution in [0.5, 0.6) is 17.2 Å². The van der Waals surface area contributed by atoms with Crippen LogP contribution in [0.2, 0.25) is 0 Å². The zero-order valence-electron chi connectivity index (χ0n) is 19.1. The average molecular weight is 459 g/mol. The first-order chi connectivity index (χ1) is 16.3. The normalized spacial score (nSPS) is 17.1. The molecule has 34 heavy (non-hydrogen) atoms. The van der Waals surface area contributed by atoms with Gasteiger partial charge in [-0.25, -0.2) is 0 Å². The lowest BCUT2D eigenvalue weighted by molar-refractivity contribution is -0.132. The average Bonchev–Trinajstić information content (AvgIpc) is 3.10. The van der Waals surface area contributed by atoms with Crippen LogP contribution in [0.1, 0.15) is 29.7 Å². The number of ketones is 1. The van der Waals surface area contributed by atoms with Gasteiger partial charge in [-0.1, -0.05) is 18.2 Å². The first-order valence-electron chi connectivity index (χ1n) is 10.8. The van der Waals surface area contributed by atoms with Crippen LogP contribution in [0.15, 0.2) is 72.3 Å². The van der Waals surface area contributed by atoms with Crippen molar-refractivity contribution >= 4 is 23.1 Å². The van der Waals surface area contributed by atoms with E-state index in [2.05, 4.69) is 0 Å². The van der Waals surface area contributed by atoms with Gasteiger partial charge in [-0.3, -0.25) is 14.5 Å². The number of phenolic OH excluding ortho intramolecular Hbond substituents is 1. The zero-order valence-corrected chi connectivity index (χ0v) is 19.1. The second-order valence-electron chi connectivity index (χ2n) is 7.88. The maximum Gasteiger partial charge on any atom is 0.300 e. The lowest BCUT2D eigenvalue weighted by Gasteiger charge is -2.26. The quantitative estimate of drug-likeness (QED) is 0.314. The van der Waals surface area contributed by atoms with Crippen molar-refractivity contribution in [1.29, 1.82) is 0 Å². The van der Waals surface area contributed by atoms with Crippen molar-refractivity contribution in [2.24, 2.45) is 0 Å². The molecule has 3 aromatic carbocycles. The number of hydrogen-bond donors (Lipinski definition) is 2. The van der Waals surface area contributed by atoms with E-state index in [0.717, 1.165) is 5.56 Å². The first-order valence-corrected chi connectivity index (χ1v) is 10.8. The number of phenols is 1. The number of amides is 1. The highest BCUT2D eigenvalue weighted by Crippen LogP contribution is 2.43. The summed E-state index contributed by atoms with van der Waals surface area (Å²) in [5, 5.41) is 21.4. The van der Waals surface area contributed by atoms with Crippen molar-refractivity contribution in [3.8, 4) is 17.2 Å². The van der Waals surface area contributed by atoms with Crippen molar-refractivity contribution < 1.29 is 29.3 Å². The maximum absolute atomic E-state index is 13.3. The standard InChI is InChI=1S/C27H25NO6/c1-4-34-22-12-11-18(13-16(22)2)25(30)23-24(17-7-5-9-20(29)14-17)28(27(32)26(23)31)19-8-6-10-21(15-19)33-3/h5-15,24,29-30H,4H2,1-3H3/b25-23+. The lowest BCUT2D eigenvalue weighted by atomic mass is 9.94. The van der Waals surface area contributed by atoms with E-state index in [1.165, 1.54) is 24.1 Å². The number of aliphatic hydroxyl groups is 1. The lowest BCUT2D eigenvalue weighted by Crippen LogP contribution is -2.29. The summed E-state index contributed by atoms with van der Waals surface area (Å²) in [5.41, 5.74) is 2.00. The number of Topliss-reactive ketones (excluding diaryl/α,β-unsaturated/α-hetero) is 1. The Hall–Kier alpha value is -4.26. The van der Waals surface area contributed by atoms with Gasteiger partial charge in [-0.15, -0.1) is 0 Å². The van der Waals surface area contributed by atoms with Crippen molar-refractivity contribution in [3.63, 3.8) is 0 Å². The molecule has 1 saturated heterocycles. The maximum atomic E-state index is 13.3. The molecule has 1 unspecified atom stereocenters. The summed E-state index contributed by atoms with van der Waals surface area (Å²) < 4.78 is 10.9. The Balaban J connectivity index is 1.92. The largest absolute Gasteiger partial charge is 0.508 e. The predicted octanol–water partition coefficient (Wildman–Crippen LogP) is 4.73. The fourth-order valence-corrected chi connectivity index (χ4v) is 4.14. The minimum atomic E-state index is -0.953. The first kappa shape index (κ1) is 22.9. The topological polar surface area (TPSA) is 96.3 Å². The number of aryl methyl sites for hydroxylation is 1. The number of carbonyl (C=O) groups is 2. The van der Waals surface area contributed by atoms with E-state index in [1.807, 2.05) is 13.8 Å². The molecule has 0 spiro atoms. The monoisotopic (exact) mass is 459 g/mol. The molecule has 0 aliphatic carbocycles. The SMILES string of the molecule is CCOc1ccc(/C(O)=C2\C(=O)C(=O)N(c3cccc(OC)c3)C2c2cccc(O)c2)cc1C. The molecule has 1 aliphatic rings. The van der Waals surface area contributed by atoms with Crippen molar-refractivity contribution in [2.75, 3.05) is 18.6 Å². The number of nitrogens with zero attached hydrogens (tertiary/aromatic N) is 1.